The van der Waals surface area contributed by atoms with Gasteiger partial charge in [0.1, 0.15) is 0 Å². The number of rotatable bonds is 3. The summed E-state index contributed by atoms with van der Waals surface area (Å²) in [6, 6.07) is 3.74. The molecule has 1 unspecified atom stereocenters. The molecule has 1 amide bonds. The Labute approximate surface area is 158 Å². The smallest absolute Gasteiger partial charge is 0.426 e. The lowest BCUT2D eigenvalue weighted by atomic mass is 10.1. The first-order chi connectivity index (χ1) is 10.7. The summed E-state index contributed by atoms with van der Waals surface area (Å²) >= 11 is 1.81. The number of carbonyl (C=O) groups is 2. The molecule has 1 atom stereocenters. The number of alkyl halides is 3. The molecule has 1 rings (SSSR count). The van der Waals surface area contributed by atoms with Gasteiger partial charge in [0.15, 0.2) is 0 Å². The average molecular weight is 522 g/mol. The van der Waals surface area contributed by atoms with Gasteiger partial charge in [0.25, 0.3) is 5.91 Å². The van der Waals surface area contributed by atoms with Crippen LogP contribution in [0.3, 0.4) is 0 Å². The maximum atomic E-state index is 12.5. The molecule has 0 aliphatic rings. The summed E-state index contributed by atoms with van der Waals surface area (Å²) in [7, 11) is 7.36. The van der Waals surface area contributed by atoms with Gasteiger partial charge < -0.3 is 15.5 Å². The van der Waals surface area contributed by atoms with Crippen LogP contribution in [0.2, 0.25) is 0 Å². The van der Waals surface area contributed by atoms with Gasteiger partial charge >= 0.3 is 12.1 Å². The third kappa shape index (κ3) is 7.09. The van der Waals surface area contributed by atoms with Crippen molar-refractivity contribution in [1.29, 1.82) is 0 Å². The fourth-order valence-electron chi connectivity index (χ4n) is 1.18. The van der Waals surface area contributed by atoms with Crippen LogP contribution in [0.1, 0.15) is 17.3 Å². The van der Waals surface area contributed by atoms with Crippen LogP contribution in [0.4, 0.5) is 18.9 Å². The normalized spacial score (nSPS) is 13.5. The van der Waals surface area contributed by atoms with Gasteiger partial charge in [-0.3, -0.25) is 4.79 Å². The van der Waals surface area contributed by atoms with E-state index in [2.05, 4.69) is 21.4 Å². The maximum absolute atomic E-state index is 12.5. The quantitative estimate of drug-likeness (QED) is 0.418. The highest BCUT2D eigenvalue weighted by Crippen LogP contribution is 2.31. The number of aromatic carboxylic acids is 1. The Kier molecular flexibility index (Phi) is 8.93. The fourth-order valence-corrected chi connectivity index (χ4v) is 1.67. The van der Waals surface area contributed by atoms with Crippen LogP contribution in [0.25, 0.3) is 0 Å². The van der Waals surface area contributed by atoms with Crippen molar-refractivity contribution < 1.29 is 37.2 Å². The molecule has 136 valence electrons. The molecule has 0 heterocycles. The third-order valence-electron chi connectivity index (χ3n) is 2.45. The van der Waals surface area contributed by atoms with E-state index in [9.17, 15) is 27.9 Å². The van der Waals surface area contributed by atoms with Crippen molar-refractivity contribution in [1.82, 2.24) is 0 Å². The number of carboxylic acids is 1. The van der Waals surface area contributed by atoms with Crippen LogP contribution in [-0.2, 0) is 14.0 Å². The second-order valence-corrected chi connectivity index (χ2v) is 7.97. The zero-order valence-electron chi connectivity index (χ0n) is 11.5. The molecule has 0 radical (unpaired) electrons. The molecule has 1 aromatic carbocycles. The molecule has 3 N–H and O–H groups in total. The lowest BCUT2D eigenvalue weighted by molar-refractivity contribution is -0.242. The van der Waals surface area contributed by atoms with E-state index in [4.69, 9.17) is 9.32 Å². The van der Waals surface area contributed by atoms with Crippen LogP contribution >= 0.6 is 44.0 Å². The van der Waals surface area contributed by atoms with E-state index >= 15 is 0 Å². The molecule has 13 heteroatoms. The zero-order valence-corrected chi connectivity index (χ0v) is 16.0. The number of amides is 1. The van der Waals surface area contributed by atoms with Gasteiger partial charge in [-0.25, -0.2) is 9.00 Å². The summed E-state index contributed by atoms with van der Waals surface area (Å²) < 4.78 is 47.1. The SMILES string of the molecule is CC(O)(C(=O)Nc1ccc(I)cc1C(=O)O)C(F)(F)F.O=S(Cl)Cl. The molecule has 6 nitrogen and oxygen atoms in total. The van der Waals surface area contributed by atoms with Crippen LogP contribution in [-0.4, -0.2) is 38.1 Å². The number of hydrogen-bond donors (Lipinski definition) is 3. The molecular weight excluding hydrogens is 513 g/mol. The fraction of sp³-hybridized carbons (Fsp3) is 0.273. The van der Waals surface area contributed by atoms with Gasteiger partial charge in [-0.1, -0.05) is 0 Å². The van der Waals surface area contributed by atoms with E-state index < -0.39 is 32.9 Å². The molecular formula is C11H9Cl2F3INO5S. The van der Waals surface area contributed by atoms with Gasteiger partial charge in [0, 0.05) is 24.9 Å². The van der Waals surface area contributed by atoms with Gasteiger partial charge in [-0.05, 0) is 47.7 Å². The minimum Gasteiger partial charge on any atom is -0.478 e. The van der Waals surface area contributed by atoms with Gasteiger partial charge in [0.2, 0.25) is 14.8 Å². The molecule has 0 aromatic heterocycles. The summed E-state index contributed by atoms with van der Waals surface area (Å²) in [5.41, 5.74) is -4.32. The molecule has 1 aromatic rings. The molecule has 0 bridgehead atoms. The molecule has 0 aliphatic heterocycles. The monoisotopic (exact) mass is 521 g/mol. The largest absolute Gasteiger partial charge is 0.478 e. The number of nitrogens with one attached hydrogen (secondary N) is 1. The number of halogens is 6. The molecule has 0 saturated heterocycles. The van der Waals surface area contributed by atoms with E-state index in [-0.39, 0.29) is 18.2 Å². The third-order valence-corrected chi connectivity index (χ3v) is 3.13. The van der Waals surface area contributed by atoms with Crippen LogP contribution < -0.4 is 5.32 Å². The summed E-state index contributed by atoms with van der Waals surface area (Å²) in [6.45, 7) is 0.287. The van der Waals surface area contributed by atoms with Crippen LogP contribution in [0.15, 0.2) is 18.2 Å². The van der Waals surface area contributed by atoms with Gasteiger partial charge in [-0.2, -0.15) is 13.2 Å². The Hall–Kier alpha value is -0.630. The molecule has 0 saturated carbocycles. The Morgan fingerprint density at radius 2 is 1.75 bits per heavy atom. The number of anilines is 1. The van der Waals surface area contributed by atoms with Crippen molar-refractivity contribution in [2.45, 2.75) is 18.7 Å². The molecule has 0 fully saturated rings. The Morgan fingerprint density at radius 3 is 2.12 bits per heavy atom. The maximum Gasteiger partial charge on any atom is 0.426 e. The van der Waals surface area contributed by atoms with Crippen LogP contribution in [0, 0.1) is 3.57 Å². The van der Waals surface area contributed by atoms with Crippen LogP contribution in [0.5, 0.6) is 0 Å². The second-order valence-electron chi connectivity index (χ2n) is 4.20. The second kappa shape index (κ2) is 9.17. The van der Waals surface area contributed by atoms with Crippen molar-refractivity contribution in [3.63, 3.8) is 0 Å². The van der Waals surface area contributed by atoms with Crippen molar-refractivity contribution in [2.75, 3.05) is 5.32 Å². The highest BCUT2D eigenvalue weighted by Gasteiger charge is 2.55. The summed E-state index contributed by atoms with van der Waals surface area (Å²) in [6.07, 6.45) is -5.18. The topological polar surface area (TPSA) is 104 Å². The number of carbonyl (C=O) groups excluding carboxylic acids is 1. The Bertz CT molecular complexity index is 653. The Balaban J connectivity index is 0.00000118. The summed E-state index contributed by atoms with van der Waals surface area (Å²) in [4.78, 5) is 22.4. The highest BCUT2D eigenvalue weighted by atomic mass is 127. The molecule has 0 aliphatic carbocycles. The van der Waals surface area contributed by atoms with Crippen molar-refractivity contribution in [3.05, 3.63) is 27.3 Å². The van der Waals surface area contributed by atoms with Gasteiger partial charge in [-0.15, -0.1) is 0 Å². The van der Waals surface area contributed by atoms with Crippen molar-refractivity contribution in [3.8, 4) is 0 Å². The van der Waals surface area contributed by atoms with E-state index in [1.54, 1.807) is 5.32 Å². The van der Waals surface area contributed by atoms with E-state index in [0.29, 0.717) is 3.57 Å². The first-order valence-corrected chi connectivity index (χ1v) is 9.46. The minimum atomic E-state index is -5.18. The zero-order chi connectivity index (χ0) is 19.3. The summed E-state index contributed by atoms with van der Waals surface area (Å²) in [5, 5.41) is 19.9. The number of carboxylic acid groups (broad SMARTS) is 1. The standard InChI is InChI=1S/C11H9F3INO4.Cl2OS/c1-10(20,11(12,13)14)9(19)16-7-3-2-5(15)4-6(7)8(17)18;1-4(2)3/h2-4,20H,1H3,(H,16,19)(H,17,18);. The van der Waals surface area contributed by atoms with Crippen molar-refractivity contribution >= 4 is 70.7 Å². The predicted octanol–water partition coefficient (Wildman–Crippen LogP) is 3.28. The number of benzene rings is 1. The van der Waals surface area contributed by atoms with E-state index in [0.717, 1.165) is 6.07 Å². The van der Waals surface area contributed by atoms with Gasteiger partial charge in [0.05, 0.1) is 11.3 Å². The van der Waals surface area contributed by atoms with E-state index in [1.807, 2.05) is 22.6 Å². The number of aliphatic hydroxyl groups is 1. The van der Waals surface area contributed by atoms with Crippen molar-refractivity contribution in [2.24, 2.45) is 0 Å². The minimum absolute atomic E-state index is 0.287. The first kappa shape index (κ1) is 23.4. The average Bonchev–Trinajstić information content (AvgIpc) is 2.38. The van der Waals surface area contributed by atoms with E-state index in [1.165, 1.54) is 12.1 Å². The lowest BCUT2D eigenvalue weighted by Crippen LogP contribution is -2.52. The predicted molar refractivity (Wildman–Crippen MR) is 91.3 cm³/mol. The molecule has 0 spiro atoms. The lowest BCUT2D eigenvalue weighted by Gasteiger charge is -2.25. The summed E-state index contributed by atoms with van der Waals surface area (Å²) in [5.74, 6) is -3.17. The molecule has 24 heavy (non-hydrogen) atoms. The highest BCUT2D eigenvalue weighted by molar-refractivity contribution is 14.1. The first-order valence-electron chi connectivity index (χ1n) is 5.57. The number of hydrogen-bond acceptors (Lipinski definition) is 4. The Morgan fingerprint density at radius 1 is 1.29 bits per heavy atom.